The van der Waals surface area contributed by atoms with Crippen LogP contribution in [0.15, 0.2) is 23.1 Å². The molecule has 1 N–H and O–H groups in total. The Morgan fingerprint density at radius 3 is 2.53 bits per heavy atom. The average Bonchev–Trinajstić information content (AvgIpc) is 2.18. The van der Waals surface area contributed by atoms with Crippen LogP contribution in [0.5, 0.6) is 0 Å². The van der Waals surface area contributed by atoms with Crippen LogP contribution in [0.2, 0.25) is 0 Å². The number of rotatable bonds is 5. The molecule has 94 valence electrons. The first-order valence-corrected chi connectivity index (χ1v) is 6.90. The zero-order chi connectivity index (χ0) is 13.1. The first-order chi connectivity index (χ1) is 7.80. The lowest BCUT2D eigenvalue weighted by atomic mass is 10.1. The summed E-state index contributed by atoms with van der Waals surface area (Å²) in [5.41, 5.74) is 0.332. The number of sulfone groups is 1. The molecule has 0 heterocycles. The number of hydrogen-bond acceptors (Lipinski definition) is 3. The number of carbonyl (C=O) groups is 1. The Labute approximate surface area is 99.0 Å². The van der Waals surface area contributed by atoms with Crippen molar-refractivity contribution >= 4 is 15.8 Å². The molecule has 0 atom stereocenters. The third-order valence-electron chi connectivity index (χ3n) is 2.29. The lowest BCUT2D eigenvalue weighted by molar-refractivity contribution is -0.137. The van der Waals surface area contributed by atoms with Gasteiger partial charge in [-0.3, -0.25) is 4.79 Å². The van der Waals surface area contributed by atoms with Gasteiger partial charge in [-0.25, -0.2) is 12.8 Å². The molecule has 0 saturated carbocycles. The van der Waals surface area contributed by atoms with Crippen LogP contribution in [0.25, 0.3) is 0 Å². The number of benzene rings is 1. The fraction of sp³-hybridized carbons (Fsp3) is 0.364. The van der Waals surface area contributed by atoms with Crippen LogP contribution in [0.4, 0.5) is 4.39 Å². The van der Waals surface area contributed by atoms with E-state index in [0.29, 0.717) is 12.0 Å². The topological polar surface area (TPSA) is 71.4 Å². The first kappa shape index (κ1) is 13.6. The van der Waals surface area contributed by atoms with Crippen molar-refractivity contribution in [1.29, 1.82) is 0 Å². The molecule has 0 aliphatic carbocycles. The highest BCUT2D eigenvalue weighted by Gasteiger charge is 2.11. The summed E-state index contributed by atoms with van der Waals surface area (Å²) in [6.45, 7) is 0. The minimum atomic E-state index is -3.41. The van der Waals surface area contributed by atoms with Gasteiger partial charge in [-0.05, 0) is 30.5 Å². The Balaban J connectivity index is 2.80. The van der Waals surface area contributed by atoms with Gasteiger partial charge in [-0.2, -0.15) is 0 Å². The summed E-state index contributed by atoms with van der Waals surface area (Å²) in [4.78, 5) is 10.2. The van der Waals surface area contributed by atoms with Gasteiger partial charge < -0.3 is 5.11 Å². The minimum absolute atomic E-state index is 0.0345. The molecule has 0 unspecified atom stereocenters. The molecule has 0 aliphatic rings. The Hall–Kier alpha value is -1.43. The molecule has 0 bridgehead atoms. The molecule has 1 aromatic carbocycles. The summed E-state index contributed by atoms with van der Waals surface area (Å²) in [7, 11) is -3.41. The van der Waals surface area contributed by atoms with E-state index in [0.717, 1.165) is 12.3 Å². The van der Waals surface area contributed by atoms with Gasteiger partial charge in [-0.1, -0.05) is 6.07 Å². The van der Waals surface area contributed by atoms with Crippen molar-refractivity contribution in [3.05, 3.63) is 29.6 Å². The second-order valence-corrected chi connectivity index (χ2v) is 5.79. The zero-order valence-electron chi connectivity index (χ0n) is 9.31. The van der Waals surface area contributed by atoms with Crippen LogP contribution in [0.1, 0.15) is 18.4 Å². The largest absolute Gasteiger partial charge is 0.481 e. The van der Waals surface area contributed by atoms with Gasteiger partial charge in [0.05, 0.1) is 4.90 Å². The molecule has 0 amide bonds. The van der Waals surface area contributed by atoms with Crippen LogP contribution >= 0.6 is 0 Å². The maximum atomic E-state index is 13.5. The second-order valence-electron chi connectivity index (χ2n) is 3.77. The minimum Gasteiger partial charge on any atom is -0.481 e. The monoisotopic (exact) mass is 260 g/mol. The van der Waals surface area contributed by atoms with Crippen molar-refractivity contribution in [2.45, 2.75) is 24.2 Å². The number of carboxylic acid groups (broad SMARTS) is 1. The number of aliphatic carboxylic acids is 1. The summed E-state index contributed by atoms with van der Waals surface area (Å²) in [5.74, 6) is -1.54. The fourth-order valence-electron chi connectivity index (χ4n) is 1.39. The van der Waals surface area contributed by atoms with Crippen molar-refractivity contribution in [3.8, 4) is 0 Å². The molecule has 1 aromatic rings. The van der Waals surface area contributed by atoms with E-state index in [1.807, 2.05) is 0 Å². The summed E-state index contributed by atoms with van der Waals surface area (Å²) in [6.07, 6.45) is 1.58. The van der Waals surface area contributed by atoms with Gasteiger partial charge in [0.25, 0.3) is 0 Å². The van der Waals surface area contributed by atoms with Gasteiger partial charge in [0.1, 0.15) is 5.82 Å². The highest BCUT2D eigenvalue weighted by Crippen LogP contribution is 2.16. The van der Waals surface area contributed by atoms with Gasteiger partial charge >= 0.3 is 5.97 Å². The van der Waals surface area contributed by atoms with Crippen LogP contribution in [-0.2, 0) is 21.1 Å². The lowest BCUT2D eigenvalue weighted by Crippen LogP contribution is -2.01. The Bertz CT molecular complexity index is 522. The molecular weight excluding hydrogens is 247 g/mol. The normalized spacial score (nSPS) is 11.4. The van der Waals surface area contributed by atoms with Gasteiger partial charge in [0, 0.05) is 12.7 Å². The van der Waals surface area contributed by atoms with E-state index in [2.05, 4.69) is 0 Å². The standard InChI is InChI=1S/C11H13FO4S/c1-17(15,16)9-6-5-8(10(12)7-9)3-2-4-11(13)14/h5-7H,2-4H2,1H3,(H,13,14). The predicted octanol–water partition coefficient (Wildman–Crippen LogP) is 1.64. The van der Waals surface area contributed by atoms with Crippen molar-refractivity contribution in [2.24, 2.45) is 0 Å². The molecule has 1 rings (SSSR count). The Morgan fingerprint density at radius 2 is 2.06 bits per heavy atom. The molecule has 0 spiro atoms. The fourth-order valence-corrected chi connectivity index (χ4v) is 2.02. The van der Waals surface area contributed by atoms with Crippen LogP contribution in [0, 0.1) is 5.82 Å². The molecule has 0 aromatic heterocycles. The maximum absolute atomic E-state index is 13.5. The Morgan fingerprint density at radius 1 is 1.41 bits per heavy atom. The highest BCUT2D eigenvalue weighted by molar-refractivity contribution is 7.90. The third-order valence-corrected chi connectivity index (χ3v) is 3.40. The molecule has 0 radical (unpaired) electrons. The van der Waals surface area contributed by atoms with Crippen molar-refractivity contribution < 1.29 is 22.7 Å². The Kier molecular flexibility index (Phi) is 4.22. The summed E-state index contributed by atoms with van der Waals surface area (Å²) < 4.78 is 35.8. The number of halogens is 1. The molecule has 6 heteroatoms. The van der Waals surface area contributed by atoms with E-state index >= 15 is 0 Å². The molecule has 4 nitrogen and oxygen atoms in total. The predicted molar refractivity (Wildman–Crippen MR) is 60.1 cm³/mol. The maximum Gasteiger partial charge on any atom is 0.303 e. The smallest absolute Gasteiger partial charge is 0.303 e. The zero-order valence-corrected chi connectivity index (χ0v) is 10.1. The highest BCUT2D eigenvalue weighted by atomic mass is 32.2. The molecule has 17 heavy (non-hydrogen) atoms. The van der Waals surface area contributed by atoms with E-state index in [-0.39, 0.29) is 17.7 Å². The van der Waals surface area contributed by atoms with Crippen LogP contribution in [-0.4, -0.2) is 25.7 Å². The van der Waals surface area contributed by atoms with E-state index < -0.39 is 21.6 Å². The van der Waals surface area contributed by atoms with Gasteiger partial charge in [-0.15, -0.1) is 0 Å². The SMILES string of the molecule is CS(=O)(=O)c1ccc(CCCC(=O)O)c(F)c1. The quantitative estimate of drug-likeness (QED) is 0.873. The first-order valence-electron chi connectivity index (χ1n) is 5.01. The van der Waals surface area contributed by atoms with Gasteiger partial charge in [0.2, 0.25) is 0 Å². The molecule has 0 saturated heterocycles. The average molecular weight is 260 g/mol. The van der Waals surface area contributed by atoms with E-state index in [1.54, 1.807) is 0 Å². The summed E-state index contributed by atoms with van der Waals surface area (Å²) in [5, 5.41) is 8.44. The molecule has 0 fully saturated rings. The van der Waals surface area contributed by atoms with Crippen molar-refractivity contribution in [3.63, 3.8) is 0 Å². The van der Waals surface area contributed by atoms with Crippen molar-refractivity contribution in [1.82, 2.24) is 0 Å². The van der Waals surface area contributed by atoms with E-state index in [4.69, 9.17) is 5.11 Å². The third kappa shape index (κ3) is 4.14. The second kappa shape index (κ2) is 5.27. The number of carboxylic acids is 1. The number of aryl methyl sites for hydroxylation is 1. The summed E-state index contributed by atoms with van der Waals surface area (Å²) in [6, 6.07) is 3.67. The van der Waals surface area contributed by atoms with E-state index in [1.165, 1.54) is 12.1 Å². The van der Waals surface area contributed by atoms with E-state index in [9.17, 15) is 17.6 Å². The number of hydrogen-bond donors (Lipinski definition) is 1. The van der Waals surface area contributed by atoms with Gasteiger partial charge in [0.15, 0.2) is 9.84 Å². The molecular formula is C11H13FO4S. The van der Waals surface area contributed by atoms with Crippen LogP contribution in [0.3, 0.4) is 0 Å². The lowest BCUT2D eigenvalue weighted by Gasteiger charge is -2.04. The molecule has 0 aliphatic heterocycles. The summed E-state index contributed by atoms with van der Waals surface area (Å²) >= 11 is 0. The van der Waals surface area contributed by atoms with Crippen LogP contribution < -0.4 is 0 Å². The van der Waals surface area contributed by atoms with Crippen molar-refractivity contribution in [2.75, 3.05) is 6.26 Å².